The molecule has 2 aromatic heterocycles. The van der Waals surface area contributed by atoms with Crippen LogP contribution in [0, 0.1) is 0 Å². The summed E-state index contributed by atoms with van der Waals surface area (Å²) in [4.78, 5) is 7.65. The van der Waals surface area contributed by atoms with E-state index in [1.54, 1.807) is 0 Å². The van der Waals surface area contributed by atoms with Gasteiger partial charge in [0.05, 0.1) is 6.54 Å². The van der Waals surface area contributed by atoms with Gasteiger partial charge in [-0.1, -0.05) is 11.6 Å². The highest BCUT2D eigenvalue weighted by Crippen LogP contribution is 2.14. The molecule has 0 bridgehead atoms. The van der Waals surface area contributed by atoms with Gasteiger partial charge in [-0.05, 0) is 0 Å². The lowest BCUT2D eigenvalue weighted by Gasteiger charge is -2.06. The largest absolute Gasteiger partial charge is 0.364 e. The highest BCUT2D eigenvalue weighted by atomic mass is 35.5. The fraction of sp³-hybridized carbons (Fsp3) is 0.286. The molecule has 80 valence electrons. The van der Waals surface area contributed by atoms with Crippen molar-refractivity contribution in [3.8, 4) is 0 Å². The van der Waals surface area contributed by atoms with Crippen LogP contribution in [0.25, 0.3) is 5.78 Å². The highest BCUT2D eigenvalue weighted by Gasteiger charge is 2.08. The average Bonchev–Trinajstić information content (AvgIpc) is 2.61. The third-order valence-corrected chi connectivity index (χ3v) is 1.85. The number of alkyl halides is 2. The lowest BCUT2D eigenvalue weighted by atomic mass is 10.5. The molecule has 0 radical (unpaired) electrons. The van der Waals surface area contributed by atoms with Gasteiger partial charge in [-0.3, -0.25) is 0 Å². The van der Waals surface area contributed by atoms with Crippen LogP contribution in [0.3, 0.4) is 0 Å². The van der Waals surface area contributed by atoms with Crippen LogP contribution in [-0.4, -0.2) is 32.6 Å². The summed E-state index contributed by atoms with van der Waals surface area (Å²) in [5.41, 5.74) is 0. The predicted molar refractivity (Wildman–Crippen MR) is 50.3 cm³/mol. The Labute approximate surface area is 88.1 Å². The number of nitrogens with one attached hydrogen (secondary N) is 1. The molecule has 8 heteroatoms. The van der Waals surface area contributed by atoms with Crippen LogP contribution in [0.1, 0.15) is 0 Å². The first kappa shape index (κ1) is 10.0. The molecule has 0 aromatic carbocycles. The molecule has 0 saturated heterocycles. The normalized spacial score (nSPS) is 11.2. The minimum Gasteiger partial charge on any atom is -0.364 e. The Kier molecular flexibility index (Phi) is 2.63. The summed E-state index contributed by atoms with van der Waals surface area (Å²) < 4.78 is 25.3. The van der Waals surface area contributed by atoms with E-state index in [1.165, 1.54) is 16.9 Å². The smallest absolute Gasteiger partial charge is 0.255 e. The molecule has 0 saturated carbocycles. The molecule has 0 aliphatic heterocycles. The van der Waals surface area contributed by atoms with E-state index in [1.807, 2.05) is 0 Å². The Morgan fingerprint density at radius 3 is 3.07 bits per heavy atom. The van der Waals surface area contributed by atoms with Crippen LogP contribution in [0.5, 0.6) is 0 Å². The van der Waals surface area contributed by atoms with Gasteiger partial charge in [0.1, 0.15) is 17.3 Å². The van der Waals surface area contributed by atoms with Crippen LogP contribution in [0.4, 0.5) is 14.6 Å². The number of anilines is 1. The molecule has 0 fully saturated rings. The fourth-order valence-electron chi connectivity index (χ4n) is 1.09. The van der Waals surface area contributed by atoms with Crippen molar-refractivity contribution >= 4 is 23.2 Å². The van der Waals surface area contributed by atoms with Crippen molar-refractivity contribution in [2.45, 2.75) is 6.43 Å². The van der Waals surface area contributed by atoms with E-state index in [4.69, 9.17) is 11.6 Å². The summed E-state index contributed by atoms with van der Waals surface area (Å²) in [5.74, 6) is 0.599. The Morgan fingerprint density at radius 2 is 2.33 bits per heavy atom. The lowest BCUT2D eigenvalue weighted by molar-refractivity contribution is 0.163. The quantitative estimate of drug-likeness (QED) is 0.816. The van der Waals surface area contributed by atoms with Gasteiger partial charge in [0.2, 0.25) is 0 Å². The third kappa shape index (κ3) is 2.12. The molecule has 0 atom stereocenters. The first-order valence-corrected chi connectivity index (χ1v) is 4.43. The number of hydrogen-bond acceptors (Lipinski definition) is 4. The summed E-state index contributed by atoms with van der Waals surface area (Å²) in [6, 6.07) is 1.41. The van der Waals surface area contributed by atoms with E-state index in [2.05, 4.69) is 20.4 Å². The molecule has 2 aromatic rings. The van der Waals surface area contributed by atoms with Crippen molar-refractivity contribution in [2.24, 2.45) is 0 Å². The van der Waals surface area contributed by atoms with Crippen molar-refractivity contribution < 1.29 is 8.78 Å². The summed E-state index contributed by atoms with van der Waals surface area (Å²) in [6.07, 6.45) is -1.18. The van der Waals surface area contributed by atoms with Crippen molar-refractivity contribution in [3.05, 3.63) is 17.5 Å². The van der Waals surface area contributed by atoms with Crippen molar-refractivity contribution in [1.29, 1.82) is 0 Å². The molecule has 5 nitrogen and oxygen atoms in total. The van der Waals surface area contributed by atoms with Gasteiger partial charge in [-0.15, -0.1) is 0 Å². The standard InChI is InChI=1S/C7H6ClF2N5/c8-4-1-6(11-2-5(9)10)15-7(14-4)12-3-13-15/h1,3,5,11H,2H2. The van der Waals surface area contributed by atoms with Crippen LogP contribution in [-0.2, 0) is 0 Å². The SMILES string of the molecule is FC(F)CNc1cc(Cl)nc2ncnn12. The summed E-state index contributed by atoms with van der Waals surface area (Å²) >= 11 is 5.68. The van der Waals surface area contributed by atoms with Gasteiger partial charge >= 0.3 is 0 Å². The van der Waals surface area contributed by atoms with Gasteiger partial charge < -0.3 is 5.32 Å². The molecule has 0 amide bonds. The molecule has 1 N–H and O–H groups in total. The molecule has 15 heavy (non-hydrogen) atoms. The minimum atomic E-state index is -2.45. The number of nitrogens with zero attached hydrogens (tertiary/aromatic N) is 4. The average molecular weight is 234 g/mol. The Morgan fingerprint density at radius 1 is 1.53 bits per heavy atom. The number of aromatic nitrogens is 4. The number of rotatable bonds is 3. The van der Waals surface area contributed by atoms with Crippen LogP contribution >= 0.6 is 11.6 Å². The van der Waals surface area contributed by atoms with Gasteiger partial charge in [-0.25, -0.2) is 8.78 Å². The zero-order valence-corrected chi connectivity index (χ0v) is 8.12. The topological polar surface area (TPSA) is 55.1 Å². The second-order valence-electron chi connectivity index (χ2n) is 2.71. The van der Waals surface area contributed by atoms with Crippen LogP contribution in [0.2, 0.25) is 5.15 Å². The van der Waals surface area contributed by atoms with Gasteiger partial charge in [0, 0.05) is 6.07 Å². The summed E-state index contributed by atoms with van der Waals surface area (Å²) in [6.45, 7) is -0.477. The lowest BCUT2D eigenvalue weighted by Crippen LogP contribution is -2.13. The zero-order valence-electron chi connectivity index (χ0n) is 7.36. The predicted octanol–water partition coefficient (Wildman–Crippen LogP) is 1.45. The Balaban J connectivity index is 2.35. The first-order chi connectivity index (χ1) is 7.16. The summed E-state index contributed by atoms with van der Waals surface area (Å²) in [5, 5.41) is 6.49. The van der Waals surface area contributed by atoms with E-state index in [0.29, 0.717) is 5.82 Å². The first-order valence-electron chi connectivity index (χ1n) is 4.05. The molecule has 0 aliphatic carbocycles. The molecular formula is C7H6ClF2N5. The van der Waals surface area contributed by atoms with E-state index >= 15 is 0 Å². The minimum absolute atomic E-state index is 0.173. The number of hydrogen-bond donors (Lipinski definition) is 1. The van der Waals surface area contributed by atoms with E-state index < -0.39 is 13.0 Å². The van der Waals surface area contributed by atoms with E-state index in [9.17, 15) is 8.78 Å². The second-order valence-corrected chi connectivity index (χ2v) is 3.10. The molecular weight excluding hydrogens is 228 g/mol. The number of halogens is 3. The van der Waals surface area contributed by atoms with Gasteiger partial charge in [-0.2, -0.15) is 19.6 Å². The molecule has 0 aliphatic rings. The monoisotopic (exact) mass is 233 g/mol. The van der Waals surface area contributed by atoms with E-state index in [-0.39, 0.29) is 10.9 Å². The molecule has 0 spiro atoms. The molecule has 2 rings (SSSR count). The van der Waals surface area contributed by atoms with E-state index in [0.717, 1.165) is 0 Å². The highest BCUT2D eigenvalue weighted by molar-refractivity contribution is 6.29. The Hall–Kier alpha value is -1.50. The number of fused-ring (bicyclic) bond motifs is 1. The van der Waals surface area contributed by atoms with Crippen molar-refractivity contribution in [3.63, 3.8) is 0 Å². The molecule has 0 unspecified atom stereocenters. The third-order valence-electron chi connectivity index (χ3n) is 1.66. The maximum absolute atomic E-state index is 12.0. The molecule has 2 heterocycles. The van der Waals surface area contributed by atoms with Crippen molar-refractivity contribution in [2.75, 3.05) is 11.9 Å². The maximum Gasteiger partial charge on any atom is 0.255 e. The van der Waals surface area contributed by atoms with Crippen molar-refractivity contribution in [1.82, 2.24) is 19.6 Å². The Bertz CT molecular complexity index is 471. The zero-order chi connectivity index (χ0) is 10.8. The maximum atomic E-state index is 12.0. The van der Waals surface area contributed by atoms with Gasteiger partial charge in [0.15, 0.2) is 0 Å². The summed E-state index contributed by atoms with van der Waals surface area (Å²) in [7, 11) is 0. The van der Waals surface area contributed by atoms with Crippen LogP contribution in [0.15, 0.2) is 12.4 Å². The van der Waals surface area contributed by atoms with Crippen LogP contribution < -0.4 is 5.32 Å². The fourth-order valence-corrected chi connectivity index (χ4v) is 1.27. The second kappa shape index (κ2) is 3.93. The van der Waals surface area contributed by atoms with Gasteiger partial charge in [0.25, 0.3) is 12.2 Å².